The first kappa shape index (κ1) is 26.4. The van der Waals surface area contributed by atoms with Gasteiger partial charge in [-0.05, 0) is 67.6 Å². The van der Waals surface area contributed by atoms with E-state index < -0.39 is 5.97 Å². The predicted octanol–water partition coefficient (Wildman–Crippen LogP) is 3.72. The Labute approximate surface area is 220 Å². The molecule has 9 nitrogen and oxygen atoms in total. The number of carbonyl (C=O) groups excluding carboxylic acids is 3. The third-order valence-corrected chi connectivity index (χ3v) is 6.64. The highest BCUT2D eigenvalue weighted by molar-refractivity contribution is 8.18. The van der Waals surface area contributed by atoms with Crippen LogP contribution in [0.2, 0.25) is 0 Å². The molecule has 2 fully saturated rings. The number of morpholine rings is 1. The number of hydrogen-bond acceptors (Lipinski definition) is 8. The van der Waals surface area contributed by atoms with Crippen molar-refractivity contribution >= 4 is 46.5 Å². The van der Waals surface area contributed by atoms with E-state index in [0.717, 1.165) is 5.56 Å². The van der Waals surface area contributed by atoms with Gasteiger partial charge in [0.05, 0.1) is 30.4 Å². The molecule has 0 saturated carbocycles. The molecule has 2 aliphatic rings. The van der Waals surface area contributed by atoms with Crippen molar-refractivity contribution in [2.24, 2.45) is 4.99 Å². The normalized spacial score (nSPS) is 17.9. The fourth-order valence-electron chi connectivity index (χ4n) is 3.83. The van der Waals surface area contributed by atoms with Gasteiger partial charge < -0.3 is 19.1 Å². The molecule has 4 rings (SSSR count). The van der Waals surface area contributed by atoms with E-state index in [1.54, 1.807) is 59.2 Å². The number of hydrogen-bond donors (Lipinski definition) is 0. The Kier molecular flexibility index (Phi) is 8.97. The van der Waals surface area contributed by atoms with E-state index in [2.05, 4.69) is 0 Å². The zero-order valence-electron chi connectivity index (χ0n) is 20.8. The molecule has 2 saturated heterocycles. The summed E-state index contributed by atoms with van der Waals surface area (Å²) in [5, 5.41) is 0.546. The molecular weight excluding hydrogens is 494 g/mol. The predicted molar refractivity (Wildman–Crippen MR) is 142 cm³/mol. The van der Waals surface area contributed by atoms with Crippen LogP contribution in [0.5, 0.6) is 5.75 Å². The highest BCUT2D eigenvalue weighted by Crippen LogP contribution is 2.34. The molecule has 0 aromatic heterocycles. The topological polar surface area (TPSA) is 97.7 Å². The van der Waals surface area contributed by atoms with Crippen molar-refractivity contribution in [3.63, 3.8) is 0 Å². The molecule has 0 radical (unpaired) electrons. The van der Waals surface area contributed by atoms with Crippen molar-refractivity contribution < 1.29 is 28.6 Å². The Hall–Kier alpha value is -3.63. The summed E-state index contributed by atoms with van der Waals surface area (Å²) in [7, 11) is 0. The number of aliphatic imine (C=N–C) groups is 1. The maximum Gasteiger partial charge on any atom is 0.344 e. The van der Waals surface area contributed by atoms with Gasteiger partial charge in [-0.15, -0.1) is 0 Å². The molecule has 2 heterocycles. The molecular formula is C27H29N3O6S. The molecule has 10 heteroatoms. The van der Waals surface area contributed by atoms with Crippen molar-refractivity contribution in [1.29, 1.82) is 0 Å². The van der Waals surface area contributed by atoms with Crippen LogP contribution in [0.4, 0.5) is 5.69 Å². The summed E-state index contributed by atoms with van der Waals surface area (Å²) in [4.78, 5) is 46.1. The van der Waals surface area contributed by atoms with E-state index in [0.29, 0.717) is 66.5 Å². The molecule has 2 aliphatic heterocycles. The summed E-state index contributed by atoms with van der Waals surface area (Å²) in [6.07, 6.45) is 1.77. The van der Waals surface area contributed by atoms with E-state index in [4.69, 9.17) is 19.2 Å². The Bertz CT molecular complexity index is 1220. The van der Waals surface area contributed by atoms with Crippen LogP contribution in [0.1, 0.15) is 29.8 Å². The third-order valence-electron chi connectivity index (χ3n) is 5.64. The van der Waals surface area contributed by atoms with Crippen molar-refractivity contribution in [2.75, 3.05) is 46.1 Å². The minimum Gasteiger partial charge on any atom is -0.482 e. The van der Waals surface area contributed by atoms with Gasteiger partial charge in [-0.3, -0.25) is 14.5 Å². The number of rotatable bonds is 8. The van der Waals surface area contributed by atoms with Gasteiger partial charge in [-0.1, -0.05) is 18.2 Å². The lowest BCUT2D eigenvalue weighted by Gasteiger charge is -2.26. The number of thioether (sulfide) groups is 1. The van der Waals surface area contributed by atoms with Crippen LogP contribution in [-0.4, -0.2) is 78.8 Å². The van der Waals surface area contributed by atoms with Crippen LogP contribution < -0.4 is 4.74 Å². The van der Waals surface area contributed by atoms with Gasteiger partial charge >= 0.3 is 5.97 Å². The van der Waals surface area contributed by atoms with E-state index >= 15 is 0 Å². The van der Waals surface area contributed by atoms with Gasteiger partial charge in [0.2, 0.25) is 0 Å². The number of amidine groups is 1. The summed E-state index contributed by atoms with van der Waals surface area (Å²) in [6, 6.07) is 14.3. The van der Waals surface area contributed by atoms with E-state index in [9.17, 15) is 14.4 Å². The van der Waals surface area contributed by atoms with E-state index in [1.165, 1.54) is 11.8 Å². The second kappa shape index (κ2) is 12.6. The maximum atomic E-state index is 13.1. The molecule has 2 aromatic rings. The molecule has 194 valence electrons. The van der Waals surface area contributed by atoms with Crippen molar-refractivity contribution in [1.82, 2.24) is 9.80 Å². The summed E-state index contributed by atoms with van der Waals surface area (Å²) in [5.41, 5.74) is 1.91. The maximum absolute atomic E-state index is 13.1. The molecule has 0 aliphatic carbocycles. The summed E-state index contributed by atoms with van der Waals surface area (Å²) in [5.74, 6) is -0.146. The zero-order chi connectivity index (χ0) is 26.2. The second-order valence-corrected chi connectivity index (χ2v) is 9.18. The van der Waals surface area contributed by atoms with Gasteiger partial charge in [0, 0.05) is 25.2 Å². The lowest BCUT2D eigenvalue weighted by atomic mass is 10.1. The van der Waals surface area contributed by atoms with Crippen LogP contribution in [0, 0.1) is 0 Å². The molecule has 2 amide bonds. The fourth-order valence-corrected chi connectivity index (χ4v) is 4.89. The molecule has 0 spiro atoms. The average molecular weight is 524 g/mol. The molecule has 2 aromatic carbocycles. The van der Waals surface area contributed by atoms with Crippen LogP contribution in [0.15, 0.2) is 58.4 Å². The SMILES string of the molecule is CCOC(=O)COc1cccc(/C=C2/SC(=Nc3cccc(C(=O)N4CCOCC4)c3)N(CC)C2=O)c1. The summed E-state index contributed by atoms with van der Waals surface area (Å²) >= 11 is 1.27. The zero-order valence-corrected chi connectivity index (χ0v) is 21.7. The highest BCUT2D eigenvalue weighted by atomic mass is 32.2. The molecule has 0 N–H and O–H groups in total. The highest BCUT2D eigenvalue weighted by Gasteiger charge is 2.32. The van der Waals surface area contributed by atoms with Gasteiger partial charge in [0.25, 0.3) is 11.8 Å². The van der Waals surface area contributed by atoms with Gasteiger partial charge in [0.15, 0.2) is 11.8 Å². The summed E-state index contributed by atoms with van der Waals surface area (Å²) in [6.45, 7) is 6.38. The van der Waals surface area contributed by atoms with E-state index in [1.807, 2.05) is 19.1 Å². The van der Waals surface area contributed by atoms with Crippen LogP contribution in [0.25, 0.3) is 6.08 Å². The van der Waals surface area contributed by atoms with E-state index in [-0.39, 0.29) is 18.4 Å². The summed E-state index contributed by atoms with van der Waals surface area (Å²) < 4.78 is 15.7. The quantitative estimate of drug-likeness (QED) is 0.384. The average Bonchev–Trinajstić information content (AvgIpc) is 3.21. The molecule has 0 bridgehead atoms. The Morgan fingerprint density at radius 1 is 1.11 bits per heavy atom. The van der Waals surface area contributed by atoms with Gasteiger partial charge in [-0.25, -0.2) is 9.79 Å². The third kappa shape index (κ3) is 6.78. The number of carbonyl (C=O) groups is 3. The first-order chi connectivity index (χ1) is 18.0. The largest absolute Gasteiger partial charge is 0.482 e. The van der Waals surface area contributed by atoms with Crippen LogP contribution >= 0.6 is 11.8 Å². The lowest BCUT2D eigenvalue weighted by molar-refractivity contribution is -0.145. The number of amides is 2. The number of nitrogens with zero attached hydrogens (tertiary/aromatic N) is 3. The van der Waals surface area contributed by atoms with Crippen LogP contribution in [0.3, 0.4) is 0 Å². The monoisotopic (exact) mass is 523 g/mol. The van der Waals surface area contributed by atoms with Gasteiger partial charge in [-0.2, -0.15) is 0 Å². The number of likely N-dealkylation sites (N-methyl/N-ethyl adjacent to an activating group) is 1. The number of esters is 1. The Balaban J connectivity index is 1.51. The standard InChI is InChI=1S/C27H29N3O6S/c1-3-30-26(33)23(16-19-7-5-10-22(15-19)36-18-24(31)35-4-2)37-27(30)28-21-9-6-8-20(17-21)25(32)29-11-13-34-14-12-29/h5-10,15-17H,3-4,11-14,18H2,1-2H3/b23-16+,28-27?. The number of ether oxygens (including phenoxy) is 3. The van der Waals surface area contributed by atoms with Crippen molar-refractivity contribution in [3.8, 4) is 5.75 Å². The lowest BCUT2D eigenvalue weighted by Crippen LogP contribution is -2.40. The molecule has 37 heavy (non-hydrogen) atoms. The Morgan fingerprint density at radius 3 is 2.65 bits per heavy atom. The minimum atomic E-state index is -0.442. The first-order valence-electron chi connectivity index (χ1n) is 12.1. The first-order valence-corrected chi connectivity index (χ1v) is 13.0. The molecule has 0 atom stereocenters. The van der Waals surface area contributed by atoms with Crippen molar-refractivity contribution in [3.05, 3.63) is 64.6 Å². The Morgan fingerprint density at radius 2 is 1.89 bits per heavy atom. The number of benzene rings is 2. The second-order valence-electron chi connectivity index (χ2n) is 8.18. The molecule has 0 unspecified atom stereocenters. The smallest absolute Gasteiger partial charge is 0.344 e. The van der Waals surface area contributed by atoms with Gasteiger partial charge in [0.1, 0.15) is 5.75 Å². The fraction of sp³-hybridized carbons (Fsp3) is 0.333. The van der Waals surface area contributed by atoms with Crippen molar-refractivity contribution in [2.45, 2.75) is 13.8 Å². The minimum absolute atomic E-state index is 0.0570. The van der Waals surface area contributed by atoms with Crippen LogP contribution in [-0.2, 0) is 19.1 Å².